The van der Waals surface area contributed by atoms with Crippen LogP contribution in [0.1, 0.15) is 31.5 Å². The van der Waals surface area contributed by atoms with E-state index in [1.165, 1.54) is 15.5 Å². The van der Waals surface area contributed by atoms with Gasteiger partial charge in [-0.1, -0.05) is 26.0 Å². The quantitative estimate of drug-likeness (QED) is 0.838. The average molecular weight is 249 g/mol. The minimum absolute atomic E-state index is 0.0548. The number of hydrogen-bond donors (Lipinski definition) is 0. The lowest BCUT2D eigenvalue weighted by Gasteiger charge is -2.09. The Hall–Kier alpha value is -1.42. The molecule has 0 N–H and O–H groups in total. The van der Waals surface area contributed by atoms with Crippen LogP contribution in [0.3, 0.4) is 0 Å². The van der Waals surface area contributed by atoms with Crippen LogP contribution in [-0.4, -0.2) is 9.86 Å². The van der Waals surface area contributed by atoms with Gasteiger partial charge in [0.25, 0.3) is 5.56 Å². The fourth-order valence-corrected chi connectivity index (χ4v) is 2.93. The largest absolute Gasteiger partial charge is 0.275 e. The van der Waals surface area contributed by atoms with Crippen LogP contribution in [0.4, 0.5) is 0 Å². The molecule has 0 unspecified atom stereocenters. The van der Waals surface area contributed by atoms with Crippen molar-refractivity contribution in [3.63, 3.8) is 0 Å². The molecule has 0 aliphatic carbocycles. The molecular formula is C13H15NO2S. The normalized spacial score (nSPS) is 11.2. The Morgan fingerprint density at radius 1 is 1.29 bits per heavy atom. The summed E-state index contributed by atoms with van der Waals surface area (Å²) in [7, 11) is 0. The van der Waals surface area contributed by atoms with E-state index in [-0.39, 0.29) is 17.4 Å². The van der Waals surface area contributed by atoms with Gasteiger partial charge in [-0.05, 0) is 36.5 Å². The molecule has 0 atom stereocenters. The third-order valence-corrected chi connectivity index (χ3v) is 4.11. The molecule has 17 heavy (non-hydrogen) atoms. The van der Waals surface area contributed by atoms with E-state index in [1.807, 2.05) is 32.0 Å². The summed E-state index contributed by atoms with van der Waals surface area (Å²) in [4.78, 5) is 24.2. The molecule has 0 aliphatic heterocycles. The summed E-state index contributed by atoms with van der Waals surface area (Å²) in [6.45, 7) is 3.95. The lowest BCUT2D eigenvalue weighted by atomic mass is 10.0. The summed E-state index contributed by atoms with van der Waals surface area (Å²) >= 11 is 1.25. The molecule has 0 spiro atoms. The molecule has 0 bridgehead atoms. The molecule has 0 aliphatic rings. The van der Waals surface area contributed by atoms with Crippen molar-refractivity contribution in [2.75, 3.05) is 0 Å². The second-order valence-electron chi connectivity index (χ2n) is 4.04. The number of nitrogens with zero attached hydrogens (tertiary/aromatic N) is 1. The van der Waals surface area contributed by atoms with Gasteiger partial charge in [-0.25, -0.2) is 0 Å². The third kappa shape index (κ3) is 2.05. The molecule has 0 amide bonds. The van der Waals surface area contributed by atoms with Crippen LogP contribution in [0.15, 0.2) is 29.1 Å². The summed E-state index contributed by atoms with van der Waals surface area (Å²) < 4.78 is 2.18. The molecule has 1 heterocycles. The number of aromatic nitrogens is 1. The fourth-order valence-electron chi connectivity index (χ4n) is 1.92. The van der Waals surface area contributed by atoms with Crippen LogP contribution >= 0.6 is 11.5 Å². The van der Waals surface area contributed by atoms with Gasteiger partial charge in [-0.2, -0.15) is 3.96 Å². The van der Waals surface area contributed by atoms with Crippen molar-refractivity contribution >= 4 is 27.5 Å². The van der Waals surface area contributed by atoms with Gasteiger partial charge in [0, 0.05) is 5.92 Å². The number of carbonyl (C=O) groups is 1. The van der Waals surface area contributed by atoms with Crippen molar-refractivity contribution in [3.8, 4) is 0 Å². The Balaban J connectivity index is 2.53. The zero-order valence-corrected chi connectivity index (χ0v) is 10.8. The van der Waals surface area contributed by atoms with E-state index < -0.39 is 0 Å². The van der Waals surface area contributed by atoms with E-state index >= 15 is 0 Å². The first-order chi connectivity index (χ1) is 8.19. The molecule has 3 nitrogen and oxygen atoms in total. The zero-order valence-electron chi connectivity index (χ0n) is 9.97. The van der Waals surface area contributed by atoms with Crippen molar-refractivity contribution in [1.29, 1.82) is 0 Å². The maximum absolute atomic E-state index is 12.2. The van der Waals surface area contributed by atoms with Crippen LogP contribution in [0.5, 0.6) is 0 Å². The van der Waals surface area contributed by atoms with E-state index in [0.29, 0.717) is 5.39 Å². The highest BCUT2D eigenvalue weighted by atomic mass is 32.1. The standard InChI is InChI=1S/C13H15NO2S/c1-3-9(4-2)12(15)14-13(16)10-7-5-6-8-11(10)17-14/h5-9H,3-4H2,1-2H3. The molecule has 2 rings (SSSR count). The lowest BCUT2D eigenvalue weighted by molar-refractivity contribution is 0.0837. The molecule has 4 heteroatoms. The molecule has 0 fully saturated rings. The van der Waals surface area contributed by atoms with Gasteiger partial charge >= 0.3 is 0 Å². The SMILES string of the molecule is CCC(CC)C(=O)n1sc2ccccc2c1=O. The fraction of sp³-hybridized carbons (Fsp3) is 0.385. The Morgan fingerprint density at radius 3 is 2.53 bits per heavy atom. The molecule has 0 saturated heterocycles. The molecule has 1 aromatic heterocycles. The van der Waals surface area contributed by atoms with E-state index in [9.17, 15) is 9.59 Å². The Kier molecular flexibility index (Phi) is 3.43. The van der Waals surface area contributed by atoms with Crippen LogP contribution in [0, 0.1) is 5.92 Å². The van der Waals surface area contributed by atoms with Crippen LogP contribution < -0.4 is 5.56 Å². The van der Waals surface area contributed by atoms with E-state index in [2.05, 4.69) is 0 Å². The van der Waals surface area contributed by atoms with Crippen LogP contribution in [0.2, 0.25) is 0 Å². The Morgan fingerprint density at radius 2 is 1.94 bits per heavy atom. The summed E-state index contributed by atoms with van der Waals surface area (Å²) in [6, 6.07) is 7.34. The summed E-state index contributed by atoms with van der Waals surface area (Å²) in [5.74, 6) is -0.123. The van der Waals surface area contributed by atoms with Gasteiger partial charge in [-0.3, -0.25) is 9.59 Å². The maximum atomic E-state index is 12.2. The highest BCUT2D eigenvalue weighted by Crippen LogP contribution is 2.18. The first-order valence-electron chi connectivity index (χ1n) is 5.84. The average Bonchev–Trinajstić information content (AvgIpc) is 2.69. The molecule has 1 aromatic carbocycles. The summed E-state index contributed by atoms with van der Waals surface area (Å²) in [5.41, 5.74) is -0.178. The van der Waals surface area contributed by atoms with Gasteiger partial charge in [0.15, 0.2) is 0 Å². The van der Waals surface area contributed by atoms with E-state index in [4.69, 9.17) is 0 Å². The topological polar surface area (TPSA) is 39.1 Å². The molecular weight excluding hydrogens is 234 g/mol. The highest BCUT2D eigenvalue weighted by molar-refractivity contribution is 7.14. The molecule has 0 saturated carbocycles. The van der Waals surface area contributed by atoms with Crippen molar-refractivity contribution in [3.05, 3.63) is 34.6 Å². The highest BCUT2D eigenvalue weighted by Gasteiger charge is 2.20. The van der Waals surface area contributed by atoms with Crippen molar-refractivity contribution in [2.45, 2.75) is 26.7 Å². The van der Waals surface area contributed by atoms with E-state index in [0.717, 1.165) is 17.5 Å². The van der Waals surface area contributed by atoms with Gasteiger partial charge < -0.3 is 0 Å². The third-order valence-electron chi connectivity index (χ3n) is 3.03. The second-order valence-corrected chi connectivity index (χ2v) is 5.03. The van der Waals surface area contributed by atoms with Gasteiger partial charge in [-0.15, -0.1) is 0 Å². The van der Waals surface area contributed by atoms with Crippen LogP contribution in [0.25, 0.3) is 10.1 Å². The number of fused-ring (bicyclic) bond motifs is 1. The van der Waals surface area contributed by atoms with Crippen molar-refractivity contribution < 1.29 is 4.79 Å². The van der Waals surface area contributed by atoms with E-state index in [1.54, 1.807) is 6.07 Å². The lowest BCUT2D eigenvalue weighted by Crippen LogP contribution is -2.27. The molecule has 0 radical (unpaired) electrons. The Labute approximate surface area is 104 Å². The summed E-state index contributed by atoms with van der Waals surface area (Å²) in [5, 5.41) is 0.636. The number of carbonyl (C=O) groups excluding carboxylic acids is 1. The smallest absolute Gasteiger partial charge is 0.273 e. The van der Waals surface area contributed by atoms with Gasteiger partial charge in [0.1, 0.15) is 0 Å². The predicted molar refractivity (Wildman–Crippen MR) is 70.8 cm³/mol. The van der Waals surface area contributed by atoms with Crippen molar-refractivity contribution in [2.24, 2.45) is 5.92 Å². The number of benzene rings is 1. The Bertz CT molecular complexity index is 593. The molecule has 2 aromatic rings. The first kappa shape index (κ1) is 12.0. The first-order valence-corrected chi connectivity index (χ1v) is 6.61. The van der Waals surface area contributed by atoms with Crippen LogP contribution in [-0.2, 0) is 0 Å². The second kappa shape index (κ2) is 4.84. The minimum atomic E-state index is -0.178. The maximum Gasteiger partial charge on any atom is 0.275 e. The molecule has 90 valence electrons. The van der Waals surface area contributed by atoms with Gasteiger partial charge in [0.2, 0.25) is 5.91 Å². The summed E-state index contributed by atoms with van der Waals surface area (Å²) in [6.07, 6.45) is 1.55. The minimum Gasteiger partial charge on any atom is -0.273 e. The number of rotatable bonds is 3. The zero-order chi connectivity index (χ0) is 12.4. The predicted octanol–water partition coefficient (Wildman–Crippen LogP) is 3.14. The van der Waals surface area contributed by atoms with Gasteiger partial charge in [0.05, 0.1) is 10.1 Å². The number of hydrogen-bond acceptors (Lipinski definition) is 3. The monoisotopic (exact) mass is 249 g/mol. The van der Waals surface area contributed by atoms with Crippen molar-refractivity contribution in [1.82, 2.24) is 3.96 Å².